The number of nitrogens with one attached hydrogen (secondary N) is 1. The van der Waals surface area contributed by atoms with Crippen molar-refractivity contribution in [2.75, 3.05) is 13.2 Å². The van der Waals surface area contributed by atoms with Crippen LogP contribution in [0.15, 0.2) is 0 Å². The molecule has 0 radical (unpaired) electrons. The van der Waals surface area contributed by atoms with Crippen LogP contribution in [0.4, 0.5) is 0 Å². The van der Waals surface area contributed by atoms with E-state index in [1.165, 1.54) is 0 Å². The van der Waals surface area contributed by atoms with Gasteiger partial charge in [-0.25, -0.2) is 0 Å². The van der Waals surface area contributed by atoms with Gasteiger partial charge < -0.3 is 9.84 Å². The molecule has 0 aromatic carbocycles. The summed E-state index contributed by atoms with van der Waals surface area (Å²) >= 11 is 0. The first-order chi connectivity index (χ1) is 9.03. The molecule has 1 aliphatic carbocycles. The molecule has 0 bridgehead atoms. The van der Waals surface area contributed by atoms with Crippen LogP contribution in [0, 0.1) is 11.8 Å². The summed E-state index contributed by atoms with van der Waals surface area (Å²) in [7, 11) is 0. The molecule has 110 valence electrons. The first kappa shape index (κ1) is 14.8. The van der Waals surface area contributed by atoms with Crippen LogP contribution >= 0.6 is 0 Å². The van der Waals surface area contributed by atoms with Gasteiger partial charge in [0.15, 0.2) is 0 Å². The largest absolute Gasteiger partial charge is 0.480 e. The maximum Gasteiger partial charge on any atom is 0.323 e. The van der Waals surface area contributed by atoms with Gasteiger partial charge in [0.2, 0.25) is 0 Å². The van der Waals surface area contributed by atoms with Crippen molar-refractivity contribution >= 4 is 5.97 Å². The second-order valence-corrected chi connectivity index (χ2v) is 6.50. The van der Waals surface area contributed by atoms with Crippen LogP contribution in [0.2, 0.25) is 0 Å². The fourth-order valence-electron chi connectivity index (χ4n) is 3.43. The van der Waals surface area contributed by atoms with Crippen molar-refractivity contribution in [2.45, 2.75) is 64.0 Å². The molecule has 19 heavy (non-hydrogen) atoms. The number of ether oxygens (including phenoxy) is 1. The molecular formula is C15H27NO3. The van der Waals surface area contributed by atoms with E-state index in [4.69, 9.17) is 4.74 Å². The van der Waals surface area contributed by atoms with Gasteiger partial charge in [0.05, 0.1) is 6.10 Å². The molecule has 0 aromatic heterocycles. The first-order valence-corrected chi connectivity index (χ1v) is 7.63. The number of carboxylic acids is 1. The molecule has 3 unspecified atom stereocenters. The van der Waals surface area contributed by atoms with Crippen molar-refractivity contribution in [1.29, 1.82) is 0 Å². The molecule has 0 aromatic rings. The first-order valence-electron chi connectivity index (χ1n) is 7.63. The molecule has 2 fully saturated rings. The molecule has 4 heteroatoms. The quantitative estimate of drug-likeness (QED) is 0.805. The summed E-state index contributed by atoms with van der Waals surface area (Å²) in [5.41, 5.74) is -0.723. The molecular weight excluding hydrogens is 242 g/mol. The van der Waals surface area contributed by atoms with E-state index in [-0.39, 0.29) is 6.10 Å². The monoisotopic (exact) mass is 269 g/mol. The topological polar surface area (TPSA) is 58.6 Å². The van der Waals surface area contributed by atoms with E-state index in [1.54, 1.807) is 0 Å². The summed E-state index contributed by atoms with van der Waals surface area (Å²) in [6, 6.07) is 0. The number of hydrogen-bond acceptors (Lipinski definition) is 3. The van der Waals surface area contributed by atoms with Gasteiger partial charge in [0, 0.05) is 13.2 Å². The minimum absolute atomic E-state index is 0.204. The van der Waals surface area contributed by atoms with Crippen molar-refractivity contribution in [3.05, 3.63) is 0 Å². The lowest BCUT2D eigenvalue weighted by atomic mass is 9.71. The Hall–Kier alpha value is -0.610. The summed E-state index contributed by atoms with van der Waals surface area (Å²) in [6.07, 6.45) is 6.03. The van der Waals surface area contributed by atoms with Crippen LogP contribution in [0.1, 0.15) is 52.4 Å². The van der Waals surface area contributed by atoms with Crippen molar-refractivity contribution in [3.63, 3.8) is 0 Å². The van der Waals surface area contributed by atoms with E-state index in [1.807, 2.05) is 0 Å². The van der Waals surface area contributed by atoms with E-state index in [0.717, 1.165) is 45.1 Å². The Morgan fingerprint density at radius 3 is 2.79 bits per heavy atom. The Morgan fingerprint density at radius 1 is 1.42 bits per heavy atom. The molecule has 3 atom stereocenters. The van der Waals surface area contributed by atoms with E-state index in [2.05, 4.69) is 19.2 Å². The van der Waals surface area contributed by atoms with Crippen molar-refractivity contribution < 1.29 is 14.6 Å². The lowest BCUT2D eigenvalue weighted by molar-refractivity contribution is -0.147. The molecule has 2 aliphatic rings. The summed E-state index contributed by atoms with van der Waals surface area (Å²) in [4.78, 5) is 11.7. The highest BCUT2D eigenvalue weighted by Crippen LogP contribution is 2.36. The average molecular weight is 269 g/mol. The number of carbonyl (C=O) groups is 1. The zero-order chi connectivity index (χ0) is 13.9. The molecule has 1 saturated carbocycles. The Morgan fingerprint density at radius 2 is 2.21 bits per heavy atom. The lowest BCUT2D eigenvalue weighted by Gasteiger charge is -2.40. The molecule has 2 N–H and O–H groups in total. The minimum Gasteiger partial charge on any atom is -0.480 e. The summed E-state index contributed by atoms with van der Waals surface area (Å²) in [5.74, 6) is 0.390. The van der Waals surface area contributed by atoms with Gasteiger partial charge in [0.1, 0.15) is 5.54 Å². The average Bonchev–Trinajstić information content (AvgIpc) is 2.89. The van der Waals surface area contributed by atoms with Gasteiger partial charge in [-0.2, -0.15) is 0 Å². The maximum atomic E-state index is 11.7. The third-order valence-electron chi connectivity index (χ3n) is 4.83. The fraction of sp³-hybridized carbons (Fsp3) is 0.933. The zero-order valence-electron chi connectivity index (χ0n) is 12.2. The van der Waals surface area contributed by atoms with Crippen LogP contribution in [0.3, 0.4) is 0 Å². The molecule has 0 amide bonds. The van der Waals surface area contributed by atoms with E-state index in [0.29, 0.717) is 18.4 Å². The van der Waals surface area contributed by atoms with Gasteiger partial charge in [-0.05, 0) is 37.5 Å². The minimum atomic E-state index is -0.723. The summed E-state index contributed by atoms with van der Waals surface area (Å²) in [6.45, 7) is 5.89. The Bertz CT molecular complexity index is 313. The highest BCUT2D eigenvalue weighted by atomic mass is 16.5. The summed E-state index contributed by atoms with van der Waals surface area (Å²) < 4.78 is 5.59. The number of carboxylic acid groups (broad SMARTS) is 1. The standard InChI is InChI=1S/C15H27NO3/c1-11(2)12-5-3-7-15(9-12,14(17)18)16-10-13-6-4-8-19-13/h11-13,16H,3-10H2,1-2H3,(H,17,18). The van der Waals surface area contributed by atoms with Crippen LogP contribution in [-0.2, 0) is 9.53 Å². The van der Waals surface area contributed by atoms with Crippen LogP contribution in [0.5, 0.6) is 0 Å². The molecule has 1 saturated heterocycles. The SMILES string of the molecule is CC(C)C1CCCC(NCC2CCCO2)(C(=O)O)C1. The normalized spacial score (nSPS) is 35.7. The molecule has 4 nitrogen and oxygen atoms in total. The Balaban J connectivity index is 1.97. The molecule has 1 heterocycles. The number of rotatable bonds is 5. The number of hydrogen-bond donors (Lipinski definition) is 2. The van der Waals surface area contributed by atoms with E-state index in [9.17, 15) is 9.90 Å². The maximum absolute atomic E-state index is 11.7. The molecule has 2 rings (SSSR count). The molecule has 1 aliphatic heterocycles. The lowest BCUT2D eigenvalue weighted by Crippen LogP contribution is -2.57. The second kappa shape index (κ2) is 6.23. The highest BCUT2D eigenvalue weighted by Gasteiger charge is 2.43. The van der Waals surface area contributed by atoms with Gasteiger partial charge in [0.25, 0.3) is 0 Å². The second-order valence-electron chi connectivity index (χ2n) is 6.50. The predicted octanol–water partition coefficient (Wildman–Crippen LogP) is 2.42. The predicted molar refractivity (Wildman–Crippen MR) is 74.1 cm³/mol. The van der Waals surface area contributed by atoms with E-state index >= 15 is 0 Å². The van der Waals surface area contributed by atoms with Crippen molar-refractivity contribution in [1.82, 2.24) is 5.32 Å². The smallest absolute Gasteiger partial charge is 0.323 e. The van der Waals surface area contributed by atoms with Gasteiger partial charge >= 0.3 is 5.97 Å². The third kappa shape index (κ3) is 3.48. The fourth-order valence-corrected chi connectivity index (χ4v) is 3.43. The van der Waals surface area contributed by atoms with Gasteiger partial charge in [-0.3, -0.25) is 10.1 Å². The third-order valence-corrected chi connectivity index (χ3v) is 4.83. The van der Waals surface area contributed by atoms with Crippen LogP contribution < -0.4 is 5.32 Å². The summed E-state index contributed by atoms with van der Waals surface area (Å²) in [5, 5.41) is 13.0. The van der Waals surface area contributed by atoms with Crippen molar-refractivity contribution in [2.24, 2.45) is 11.8 Å². The van der Waals surface area contributed by atoms with Gasteiger partial charge in [-0.15, -0.1) is 0 Å². The van der Waals surface area contributed by atoms with E-state index < -0.39 is 11.5 Å². The Kier molecular flexibility index (Phi) is 4.85. The number of aliphatic carboxylic acids is 1. The molecule has 0 spiro atoms. The Labute approximate surface area is 115 Å². The van der Waals surface area contributed by atoms with Crippen LogP contribution in [0.25, 0.3) is 0 Å². The van der Waals surface area contributed by atoms with Crippen LogP contribution in [-0.4, -0.2) is 35.9 Å². The highest BCUT2D eigenvalue weighted by molar-refractivity contribution is 5.79. The van der Waals surface area contributed by atoms with Crippen molar-refractivity contribution in [3.8, 4) is 0 Å². The van der Waals surface area contributed by atoms with Gasteiger partial charge in [-0.1, -0.05) is 26.7 Å². The zero-order valence-corrected chi connectivity index (χ0v) is 12.2.